The number of pyridine rings is 2. The normalized spacial score (nSPS) is 9.50. The Kier molecular flexibility index (Phi) is 6.49. The lowest BCUT2D eigenvalue weighted by Gasteiger charge is -1.97. The van der Waals surface area contributed by atoms with Crippen LogP contribution < -0.4 is 9.46 Å². The number of hydrogen-bond donors (Lipinski definition) is 1. The maximum absolute atomic E-state index is 10.7. The van der Waals surface area contributed by atoms with E-state index < -0.39 is 5.97 Å². The van der Waals surface area contributed by atoms with E-state index in [9.17, 15) is 20.0 Å². The molecule has 2 heterocycles. The molecule has 0 unspecified atom stereocenters. The molecule has 0 amide bonds. The molecule has 0 radical (unpaired) electrons. The smallest absolute Gasteiger partial charge is 0.308 e. The second-order valence-electron chi connectivity index (χ2n) is 4.59. The molecule has 0 spiro atoms. The SMILES string of the molecule is CC(=O)Cc1ccc[n+]([O-])c1.O=C(O)Cc1ccc[n+]([O-])c1. The van der Waals surface area contributed by atoms with Crippen molar-refractivity contribution >= 4 is 11.8 Å². The fourth-order valence-corrected chi connectivity index (χ4v) is 1.67. The van der Waals surface area contributed by atoms with Gasteiger partial charge in [0.2, 0.25) is 0 Å². The zero-order valence-corrected chi connectivity index (χ0v) is 12.0. The minimum Gasteiger partial charge on any atom is -0.619 e. The van der Waals surface area contributed by atoms with Crippen LogP contribution in [0.25, 0.3) is 0 Å². The van der Waals surface area contributed by atoms with E-state index in [4.69, 9.17) is 5.11 Å². The Morgan fingerprint density at radius 2 is 1.45 bits per heavy atom. The van der Waals surface area contributed by atoms with Crippen LogP contribution in [0.2, 0.25) is 0 Å². The third-order valence-corrected chi connectivity index (χ3v) is 2.48. The molecule has 7 nitrogen and oxygen atoms in total. The van der Waals surface area contributed by atoms with E-state index >= 15 is 0 Å². The van der Waals surface area contributed by atoms with Gasteiger partial charge in [-0.05, 0) is 19.1 Å². The van der Waals surface area contributed by atoms with Crippen LogP contribution in [0.3, 0.4) is 0 Å². The number of carboxylic acid groups (broad SMARTS) is 1. The third kappa shape index (κ3) is 6.99. The first-order chi connectivity index (χ1) is 10.4. The van der Waals surface area contributed by atoms with Crippen LogP contribution in [0.15, 0.2) is 49.1 Å². The number of carboxylic acids is 1. The molecule has 0 aliphatic carbocycles. The average molecular weight is 304 g/mol. The van der Waals surface area contributed by atoms with E-state index in [-0.39, 0.29) is 12.2 Å². The summed E-state index contributed by atoms with van der Waals surface area (Å²) in [6.07, 6.45) is 5.58. The maximum atomic E-state index is 10.7. The Bertz CT molecular complexity index is 600. The van der Waals surface area contributed by atoms with Gasteiger partial charge in [0.05, 0.1) is 6.42 Å². The molecule has 2 aromatic heterocycles. The van der Waals surface area contributed by atoms with Gasteiger partial charge in [-0.15, -0.1) is 0 Å². The first-order valence-electron chi connectivity index (χ1n) is 6.43. The van der Waals surface area contributed by atoms with Crippen molar-refractivity contribution in [3.8, 4) is 0 Å². The number of rotatable bonds is 4. The summed E-state index contributed by atoms with van der Waals surface area (Å²) in [5.41, 5.74) is 1.27. The first kappa shape index (κ1) is 17.1. The number of ketones is 1. The quantitative estimate of drug-likeness (QED) is 0.649. The van der Waals surface area contributed by atoms with Gasteiger partial charge in [0, 0.05) is 29.7 Å². The molecule has 0 aliphatic rings. The highest BCUT2D eigenvalue weighted by molar-refractivity contribution is 5.77. The summed E-state index contributed by atoms with van der Waals surface area (Å²) in [6, 6.07) is 6.51. The van der Waals surface area contributed by atoms with Gasteiger partial charge in [0.1, 0.15) is 5.78 Å². The number of carbonyl (C=O) groups excluding carboxylic acids is 1. The highest BCUT2D eigenvalue weighted by Crippen LogP contribution is 1.95. The highest BCUT2D eigenvalue weighted by atomic mass is 16.5. The standard InChI is InChI=1S/C8H9NO2.C7H7NO3/c1-7(10)5-8-3-2-4-9(11)6-8;9-7(10)4-6-2-1-3-8(11)5-6/h2-4,6H,5H2,1H3;1-3,5H,4H2,(H,9,10). The molecule has 0 saturated carbocycles. The van der Waals surface area contributed by atoms with Gasteiger partial charge in [0.15, 0.2) is 24.8 Å². The van der Waals surface area contributed by atoms with Crippen molar-refractivity contribution in [3.05, 3.63) is 70.6 Å². The molecule has 2 aromatic rings. The molecule has 0 atom stereocenters. The Balaban J connectivity index is 0.000000220. The van der Waals surface area contributed by atoms with Crippen molar-refractivity contribution in [2.45, 2.75) is 19.8 Å². The van der Waals surface area contributed by atoms with Crippen LogP contribution in [-0.2, 0) is 22.4 Å². The van der Waals surface area contributed by atoms with Crippen molar-refractivity contribution in [1.29, 1.82) is 0 Å². The summed E-state index contributed by atoms with van der Waals surface area (Å²) in [5, 5.41) is 29.6. The Morgan fingerprint density at radius 1 is 1.00 bits per heavy atom. The summed E-state index contributed by atoms with van der Waals surface area (Å²) >= 11 is 0. The molecular weight excluding hydrogens is 288 g/mol. The molecule has 0 fully saturated rings. The van der Waals surface area contributed by atoms with Crippen molar-refractivity contribution in [1.82, 2.24) is 0 Å². The van der Waals surface area contributed by atoms with E-state index in [1.807, 2.05) is 0 Å². The minimum absolute atomic E-state index is 0.0659. The molecule has 7 heteroatoms. The van der Waals surface area contributed by atoms with E-state index in [2.05, 4.69) is 0 Å². The second kappa shape index (κ2) is 8.35. The van der Waals surface area contributed by atoms with Gasteiger partial charge < -0.3 is 15.5 Å². The predicted molar refractivity (Wildman–Crippen MR) is 76.5 cm³/mol. The van der Waals surface area contributed by atoms with Crippen molar-refractivity contribution in [2.75, 3.05) is 0 Å². The van der Waals surface area contributed by atoms with Gasteiger partial charge in [0.25, 0.3) is 0 Å². The molecule has 22 heavy (non-hydrogen) atoms. The fourth-order valence-electron chi connectivity index (χ4n) is 1.67. The van der Waals surface area contributed by atoms with Gasteiger partial charge in [-0.25, -0.2) is 0 Å². The lowest BCUT2D eigenvalue weighted by Crippen LogP contribution is -2.25. The number of aromatic nitrogens is 2. The monoisotopic (exact) mass is 304 g/mol. The van der Waals surface area contributed by atoms with Gasteiger partial charge in [-0.3, -0.25) is 9.59 Å². The molecule has 0 bridgehead atoms. The molecule has 2 rings (SSSR count). The average Bonchev–Trinajstić information content (AvgIpc) is 2.37. The zero-order chi connectivity index (χ0) is 16.5. The number of carbonyl (C=O) groups is 2. The van der Waals surface area contributed by atoms with Gasteiger partial charge in [-0.1, -0.05) is 0 Å². The third-order valence-electron chi connectivity index (χ3n) is 2.48. The Morgan fingerprint density at radius 3 is 1.82 bits per heavy atom. The number of Topliss-reactive ketones (excluding diaryl/α,β-unsaturated/α-hetero) is 1. The van der Waals surface area contributed by atoms with E-state index in [0.29, 0.717) is 21.4 Å². The van der Waals surface area contributed by atoms with Crippen LogP contribution in [0.1, 0.15) is 18.1 Å². The molecule has 0 aromatic carbocycles. The van der Waals surface area contributed by atoms with Crippen LogP contribution in [-0.4, -0.2) is 16.9 Å². The van der Waals surface area contributed by atoms with Gasteiger partial charge >= 0.3 is 5.97 Å². The van der Waals surface area contributed by atoms with E-state index in [1.165, 1.54) is 37.8 Å². The highest BCUT2D eigenvalue weighted by Gasteiger charge is 2.02. The number of hydrogen-bond acceptors (Lipinski definition) is 4. The fraction of sp³-hybridized carbons (Fsp3) is 0.200. The molecular formula is C15H16N2O5. The largest absolute Gasteiger partial charge is 0.619 e. The Hall–Kier alpha value is -2.96. The van der Waals surface area contributed by atoms with Crippen molar-refractivity contribution < 1.29 is 24.2 Å². The second-order valence-corrected chi connectivity index (χ2v) is 4.59. The van der Waals surface area contributed by atoms with Crippen molar-refractivity contribution in [3.63, 3.8) is 0 Å². The number of aliphatic carboxylic acids is 1. The van der Waals surface area contributed by atoms with Crippen LogP contribution in [0.4, 0.5) is 0 Å². The molecule has 116 valence electrons. The summed E-state index contributed by atoms with van der Waals surface area (Å²) in [4.78, 5) is 20.8. The lowest BCUT2D eigenvalue weighted by atomic mass is 10.2. The van der Waals surface area contributed by atoms with Crippen LogP contribution in [0, 0.1) is 10.4 Å². The summed E-state index contributed by atoms with van der Waals surface area (Å²) in [6.45, 7) is 1.50. The van der Waals surface area contributed by atoms with E-state index in [1.54, 1.807) is 18.2 Å². The molecule has 0 aliphatic heterocycles. The van der Waals surface area contributed by atoms with Crippen molar-refractivity contribution in [2.24, 2.45) is 0 Å². The zero-order valence-electron chi connectivity index (χ0n) is 12.0. The van der Waals surface area contributed by atoms with E-state index in [0.717, 1.165) is 5.56 Å². The van der Waals surface area contributed by atoms with Gasteiger partial charge in [-0.2, -0.15) is 9.46 Å². The van der Waals surface area contributed by atoms with Crippen LogP contribution >= 0.6 is 0 Å². The minimum atomic E-state index is -0.934. The summed E-state index contributed by atoms with van der Waals surface area (Å²) in [7, 11) is 0. The topological polar surface area (TPSA) is 108 Å². The lowest BCUT2D eigenvalue weighted by molar-refractivity contribution is -0.606. The molecule has 0 saturated heterocycles. The maximum Gasteiger partial charge on any atom is 0.308 e. The number of nitrogens with zero attached hydrogens (tertiary/aromatic N) is 2. The Labute approximate surface area is 127 Å². The van der Waals surface area contributed by atoms with Crippen LogP contribution in [0.5, 0.6) is 0 Å². The predicted octanol–water partition coefficient (Wildman–Crippen LogP) is 0.399. The summed E-state index contributed by atoms with van der Waals surface area (Å²) in [5.74, 6) is -0.868. The first-order valence-corrected chi connectivity index (χ1v) is 6.43. The summed E-state index contributed by atoms with van der Waals surface area (Å²) < 4.78 is 1.27. The molecule has 1 N–H and O–H groups in total.